The minimum Gasteiger partial charge on any atom is -0.388 e. The maximum atomic E-state index is 10.4. The minimum absolute atomic E-state index is 0.353. The largest absolute Gasteiger partial charge is 0.388 e. The van der Waals surface area contributed by atoms with Gasteiger partial charge in [0.1, 0.15) is 0 Å². The lowest BCUT2D eigenvalue weighted by Gasteiger charge is -2.29. The molecule has 1 saturated heterocycles. The molecule has 0 spiro atoms. The van der Waals surface area contributed by atoms with Crippen molar-refractivity contribution in [2.24, 2.45) is 0 Å². The van der Waals surface area contributed by atoms with Gasteiger partial charge in [-0.2, -0.15) is 0 Å². The van der Waals surface area contributed by atoms with Crippen molar-refractivity contribution in [3.05, 3.63) is 34.3 Å². The van der Waals surface area contributed by atoms with E-state index in [1.54, 1.807) is 0 Å². The summed E-state index contributed by atoms with van der Waals surface area (Å²) < 4.78 is 1.04. The first-order chi connectivity index (χ1) is 9.70. The van der Waals surface area contributed by atoms with E-state index in [1.807, 2.05) is 24.3 Å². The number of nitrogens with zero attached hydrogens (tertiary/aromatic N) is 1. The second-order valence-electron chi connectivity index (χ2n) is 5.81. The Bertz CT molecular complexity index is 410. The van der Waals surface area contributed by atoms with Crippen LogP contribution in [-0.2, 0) is 0 Å². The Morgan fingerprint density at radius 1 is 1.35 bits per heavy atom. The van der Waals surface area contributed by atoms with Crippen LogP contribution in [0, 0.1) is 0 Å². The number of rotatable bonds is 5. The average molecular weight is 340 g/mol. The molecule has 0 aromatic heterocycles. The van der Waals surface area contributed by atoms with Crippen molar-refractivity contribution in [3.63, 3.8) is 0 Å². The standard InChI is InChI=1S/C17H26BrNO/c1-2-16-9-4-3-5-11-19(16)12-10-17(20)14-7-6-8-15(18)13-14/h6-8,13,16-17,20H,2-5,9-12H2,1H3. The summed E-state index contributed by atoms with van der Waals surface area (Å²) in [4.78, 5) is 2.59. The van der Waals surface area contributed by atoms with E-state index in [-0.39, 0.29) is 6.10 Å². The topological polar surface area (TPSA) is 23.5 Å². The molecule has 2 rings (SSSR count). The van der Waals surface area contributed by atoms with Gasteiger partial charge in [0, 0.05) is 17.1 Å². The smallest absolute Gasteiger partial charge is 0.0802 e. The Labute approximate surface area is 131 Å². The fraction of sp³-hybridized carbons (Fsp3) is 0.647. The highest BCUT2D eigenvalue weighted by atomic mass is 79.9. The number of likely N-dealkylation sites (tertiary alicyclic amines) is 1. The third-order valence-electron chi connectivity index (χ3n) is 4.39. The van der Waals surface area contributed by atoms with Crippen LogP contribution in [0.2, 0.25) is 0 Å². The zero-order valence-electron chi connectivity index (χ0n) is 12.4. The molecule has 2 unspecified atom stereocenters. The van der Waals surface area contributed by atoms with Gasteiger partial charge in [0.2, 0.25) is 0 Å². The van der Waals surface area contributed by atoms with E-state index in [4.69, 9.17) is 0 Å². The van der Waals surface area contributed by atoms with Gasteiger partial charge in [0.25, 0.3) is 0 Å². The Morgan fingerprint density at radius 3 is 2.95 bits per heavy atom. The zero-order valence-corrected chi connectivity index (χ0v) is 14.0. The molecule has 3 heteroatoms. The molecule has 1 aliphatic rings. The Balaban J connectivity index is 1.89. The average Bonchev–Trinajstić information content (AvgIpc) is 2.69. The molecule has 1 aromatic carbocycles. The molecule has 0 bridgehead atoms. The Morgan fingerprint density at radius 2 is 2.20 bits per heavy atom. The molecule has 0 aliphatic carbocycles. The fourth-order valence-corrected chi connectivity index (χ4v) is 3.58. The second-order valence-corrected chi connectivity index (χ2v) is 6.72. The summed E-state index contributed by atoms with van der Waals surface area (Å²) >= 11 is 3.47. The third kappa shape index (κ3) is 4.57. The van der Waals surface area contributed by atoms with Crippen molar-refractivity contribution in [1.29, 1.82) is 0 Å². The van der Waals surface area contributed by atoms with Crippen molar-refractivity contribution < 1.29 is 5.11 Å². The summed E-state index contributed by atoms with van der Waals surface area (Å²) in [5.41, 5.74) is 1.02. The second kappa shape index (κ2) is 8.16. The van der Waals surface area contributed by atoms with Gasteiger partial charge >= 0.3 is 0 Å². The van der Waals surface area contributed by atoms with Crippen molar-refractivity contribution in [2.75, 3.05) is 13.1 Å². The number of halogens is 1. The zero-order chi connectivity index (χ0) is 14.4. The first-order valence-electron chi connectivity index (χ1n) is 7.88. The third-order valence-corrected chi connectivity index (χ3v) is 4.89. The molecule has 0 saturated carbocycles. The number of hydrogen-bond acceptors (Lipinski definition) is 2. The predicted octanol–water partition coefficient (Wildman–Crippen LogP) is 4.53. The van der Waals surface area contributed by atoms with Crippen LogP contribution in [0.1, 0.15) is 57.1 Å². The minimum atomic E-state index is -0.353. The monoisotopic (exact) mass is 339 g/mol. The van der Waals surface area contributed by atoms with E-state index < -0.39 is 0 Å². The molecule has 2 atom stereocenters. The Hall–Kier alpha value is -0.380. The fourth-order valence-electron chi connectivity index (χ4n) is 3.16. The van der Waals surface area contributed by atoms with Gasteiger partial charge in [-0.1, -0.05) is 47.8 Å². The highest BCUT2D eigenvalue weighted by Gasteiger charge is 2.20. The molecule has 2 nitrogen and oxygen atoms in total. The molecule has 20 heavy (non-hydrogen) atoms. The van der Waals surface area contributed by atoms with Crippen LogP contribution in [-0.4, -0.2) is 29.1 Å². The lowest BCUT2D eigenvalue weighted by molar-refractivity contribution is 0.122. The van der Waals surface area contributed by atoms with E-state index in [0.29, 0.717) is 6.04 Å². The van der Waals surface area contributed by atoms with Crippen LogP contribution in [0.3, 0.4) is 0 Å². The SMILES string of the molecule is CCC1CCCCCN1CCC(O)c1cccc(Br)c1. The van der Waals surface area contributed by atoms with Gasteiger partial charge in [-0.3, -0.25) is 0 Å². The normalized spacial score (nSPS) is 22.4. The molecule has 0 amide bonds. The van der Waals surface area contributed by atoms with Crippen LogP contribution in [0.4, 0.5) is 0 Å². The summed E-state index contributed by atoms with van der Waals surface area (Å²) in [6.07, 6.45) is 7.06. The van der Waals surface area contributed by atoms with E-state index in [9.17, 15) is 5.11 Å². The summed E-state index contributed by atoms with van der Waals surface area (Å²) in [7, 11) is 0. The lowest BCUT2D eigenvalue weighted by atomic mass is 10.0. The van der Waals surface area contributed by atoms with Crippen molar-refractivity contribution >= 4 is 15.9 Å². The first-order valence-corrected chi connectivity index (χ1v) is 8.67. The van der Waals surface area contributed by atoms with Gasteiger partial charge in [-0.15, -0.1) is 0 Å². The molecular formula is C17H26BrNO. The van der Waals surface area contributed by atoms with E-state index in [0.717, 1.165) is 23.0 Å². The molecule has 1 fully saturated rings. The van der Waals surface area contributed by atoms with E-state index in [2.05, 4.69) is 27.8 Å². The lowest BCUT2D eigenvalue weighted by Crippen LogP contribution is -2.35. The number of benzene rings is 1. The highest BCUT2D eigenvalue weighted by molar-refractivity contribution is 9.10. The van der Waals surface area contributed by atoms with Crippen molar-refractivity contribution in [3.8, 4) is 0 Å². The molecule has 1 aliphatic heterocycles. The van der Waals surface area contributed by atoms with Crippen LogP contribution in [0.25, 0.3) is 0 Å². The van der Waals surface area contributed by atoms with E-state index in [1.165, 1.54) is 38.6 Å². The summed E-state index contributed by atoms with van der Waals surface area (Å²) in [5.74, 6) is 0. The summed E-state index contributed by atoms with van der Waals surface area (Å²) in [6.45, 7) is 4.49. The first kappa shape index (κ1) is 16.0. The molecule has 1 aromatic rings. The van der Waals surface area contributed by atoms with Gasteiger partial charge in [-0.05, 0) is 49.9 Å². The quantitative estimate of drug-likeness (QED) is 0.851. The van der Waals surface area contributed by atoms with Crippen molar-refractivity contribution in [1.82, 2.24) is 4.90 Å². The van der Waals surface area contributed by atoms with Crippen molar-refractivity contribution in [2.45, 2.75) is 57.6 Å². The maximum absolute atomic E-state index is 10.4. The molecule has 0 radical (unpaired) electrons. The molecular weight excluding hydrogens is 314 g/mol. The highest BCUT2D eigenvalue weighted by Crippen LogP contribution is 2.24. The van der Waals surface area contributed by atoms with Gasteiger partial charge in [-0.25, -0.2) is 0 Å². The molecule has 112 valence electrons. The number of aliphatic hydroxyl groups is 1. The van der Waals surface area contributed by atoms with Crippen LogP contribution >= 0.6 is 15.9 Å². The van der Waals surface area contributed by atoms with Crippen LogP contribution < -0.4 is 0 Å². The van der Waals surface area contributed by atoms with Gasteiger partial charge in [0.15, 0.2) is 0 Å². The van der Waals surface area contributed by atoms with Crippen LogP contribution in [0.15, 0.2) is 28.7 Å². The van der Waals surface area contributed by atoms with Gasteiger partial charge < -0.3 is 10.0 Å². The summed E-state index contributed by atoms with van der Waals surface area (Å²) in [6, 6.07) is 8.73. The molecule has 1 heterocycles. The van der Waals surface area contributed by atoms with Crippen LogP contribution in [0.5, 0.6) is 0 Å². The maximum Gasteiger partial charge on any atom is 0.0802 e. The molecule has 1 N–H and O–H groups in total. The predicted molar refractivity (Wildman–Crippen MR) is 87.8 cm³/mol. The van der Waals surface area contributed by atoms with Gasteiger partial charge in [0.05, 0.1) is 6.10 Å². The van der Waals surface area contributed by atoms with E-state index >= 15 is 0 Å². The summed E-state index contributed by atoms with van der Waals surface area (Å²) in [5, 5.41) is 10.4. The number of hydrogen-bond donors (Lipinski definition) is 1. The Kier molecular flexibility index (Phi) is 6.53. The number of aliphatic hydroxyl groups excluding tert-OH is 1.